The lowest BCUT2D eigenvalue weighted by atomic mass is 9.92. The lowest BCUT2D eigenvalue weighted by Crippen LogP contribution is -2.40. The van der Waals surface area contributed by atoms with Crippen LogP contribution in [0.1, 0.15) is 45.4 Å². The Hall–Kier alpha value is -3.32. The molecule has 1 aromatic heterocycles. The fourth-order valence-corrected chi connectivity index (χ4v) is 4.06. The van der Waals surface area contributed by atoms with Gasteiger partial charge in [0.15, 0.2) is 0 Å². The van der Waals surface area contributed by atoms with Crippen molar-refractivity contribution in [1.82, 2.24) is 9.55 Å². The SMILES string of the molecule is CC(C)c1nc(-c2ccc(F)cc2)c(-c2ccc(F)cc2)n1/C=C/[C@@H]1C[C@](C)(O)CC(=O)O1. The number of imidazole rings is 1. The van der Waals surface area contributed by atoms with Gasteiger partial charge in [-0.2, -0.15) is 0 Å². The van der Waals surface area contributed by atoms with Crippen molar-refractivity contribution in [2.45, 2.75) is 51.2 Å². The summed E-state index contributed by atoms with van der Waals surface area (Å²) in [4.78, 5) is 16.8. The van der Waals surface area contributed by atoms with Crippen LogP contribution in [0.4, 0.5) is 8.78 Å². The van der Waals surface area contributed by atoms with Crippen LogP contribution in [-0.2, 0) is 9.53 Å². The molecule has 1 N–H and O–H groups in total. The van der Waals surface area contributed by atoms with Crippen LogP contribution in [-0.4, -0.2) is 32.3 Å². The summed E-state index contributed by atoms with van der Waals surface area (Å²) >= 11 is 0. The predicted octanol–water partition coefficient (Wildman–Crippen LogP) is 5.55. The molecule has 3 aromatic rings. The minimum Gasteiger partial charge on any atom is -0.458 e. The predicted molar refractivity (Wildman–Crippen MR) is 122 cm³/mol. The molecule has 33 heavy (non-hydrogen) atoms. The molecule has 5 nitrogen and oxygen atoms in total. The van der Waals surface area contributed by atoms with Gasteiger partial charge in [-0.05, 0) is 61.5 Å². The van der Waals surface area contributed by atoms with Gasteiger partial charge in [0.05, 0.1) is 23.4 Å². The van der Waals surface area contributed by atoms with E-state index in [4.69, 9.17) is 9.72 Å². The number of cyclic esters (lactones) is 1. The highest BCUT2D eigenvalue weighted by Gasteiger charge is 2.35. The van der Waals surface area contributed by atoms with Crippen molar-refractivity contribution in [3.8, 4) is 22.5 Å². The second-order valence-electron chi connectivity index (χ2n) is 8.95. The number of aromatic nitrogens is 2. The van der Waals surface area contributed by atoms with Crippen LogP contribution in [0.3, 0.4) is 0 Å². The van der Waals surface area contributed by atoms with Crippen molar-refractivity contribution in [2.75, 3.05) is 0 Å². The zero-order valence-corrected chi connectivity index (χ0v) is 18.8. The van der Waals surface area contributed by atoms with Crippen LogP contribution in [0.15, 0.2) is 54.6 Å². The van der Waals surface area contributed by atoms with Crippen LogP contribution in [0, 0.1) is 11.6 Å². The van der Waals surface area contributed by atoms with Crippen molar-refractivity contribution >= 4 is 12.2 Å². The van der Waals surface area contributed by atoms with Gasteiger partial charge in [-0.3, -0.25) is 4.79 Å². The number of nitrogens with zero attached hydrogens (tertiary/aromatic N) is 2. The van der Waals surface area contributed by atoms with Gasteiger partial charge in [-0.15, -0.1) is 0 Å². The average Bonchev–Trinajstić information content (AvgIpc) is 3.12. The Kier molecular flexibility index (Phi) is 6.17. The molecule has 1 aliphatic rings. The number of esters is 1. The van der Waals surface area contributed by atoms with E-state index < -0.39 is 17.7 Å². The molecule has 0 radical (unpaired) electrons. The van der Waals surface area contributed by atoms with E-state index in [2.05, 4.69) is 0 Å². The molecule has 1 aliphatic heterocycles. The summed E-state index contributed by atoms with van der Waals surface area (Å²) < 4.78 is 34.5. The molecule has 1 fully saturated rings. The molecule has 7 heteroatoms. The molecule has 0 spiro atoms. The van der Waals surface area contributed by atoms with Crippen LogP contribution in [0.25, 0.3) is 28.7 Å². The highest BCUT2D eigenvalue weighted by molar-refractivity contribution is 5.81. The molecule has 0 unspecified atom stereocenters. The summed E-state index contributed by atoms with van der Waals surface area (Å²) in [6.07, 6.45) is 3.12. The molecule has 2 heterocycles. The molecule has 0 amide bonds. The van der Waals surface area contributed by atoms with E-state index in [9.17, 15) is 18.7 Å². The fraction of sp³-hybridized carbons (Fsp3) is 0.308. The summed E-state index contributed by atoms with van der Waals surface area (Å²) in [5.41, 5.74) is 1.64. The summed E-state index contributed by atoms with van der Waals surface area (Å²) in [6, 6.07) is 12.1. The monoisotopic (exact) mass is 452 g/mol. The van der Waals surface area contributed by atoms with Crippen molar-refractivity contribution in [3.05, 3.63) is 72.1 Å². The van der Waals surface area contributed by atoms with E-state index >= 15 is 0 Å². The van der Waals surface area contributed by atoms with E-state index in [-0.39, 0.29) is 30.4 Å². The molecule has 0 bridgehead atoms. The first-order valence-electron chi connectivity index (χ1n) is 10.9. The minimum absolute atomic E-state index is 0.0278. The average molecular weight is 453 g/mol. The van der Waals surface area contributed by atoms with Gasteiger partial charge < -0.3 is 14.4 Å². The molecular formula is C26H26F2N2O3. The van der Waals surface area contributed by atoms with Gasteiger partial charge in [-0.1, -0.05) is 13.8 Å². The number of carbonyl (C=O) groups excluding carboxylic acids is 1. The lowest BCUT2D eigenvalue weighted by molar-refractivity contribution is -0.163. The summed E-state index contributed by atoms with van der Waals surface area (Å²) in [6.45, 7) is 5.61. The number of carbonyl (C=O) groups is 1. The maximum Gasteiger partial charge on any atom is 0.309 e. The number of hydrogen-bond acceptors (Lipinski definition) is 4. The molecule has 172 valence electrons. The molecule has 2 atom stereocenters. The van der Waals surface area contributed by atoms with E-state index in [0.29, 0.717) is 11.4 Å². The number of hydrogen-bond donors (Lipinski definition) is 1. The molecule has 2 aromatic carbocycles. The standard InChI is InChI=1S/C26H26F2N2O3/c1-16(2)25-29-23(17-4-8-19(27)9-5-17)24(18-6-10-20(28)11-7-18)30(25)13-12-21-14-26(3,32)15-22(31)33-21/h4-13,16,21,32H,14-15H2,1-3H3/b13-12+/t21-,26+/m1/s1. The smallest absolute Gasteiger partial charge is 0.309 e. The Morgan fingerprint density at radius 3 is 2.21 bits per heavy atom. The van der Waals surface area contributed by atoms with Crippen molar-refractivity contribution in [3.63, 3.8) is 0 Å². The van der Waals surface area contributed by atoms with Crippen molar-refractivity contribution in [1.29, 1.82) is 0 Å². The zero-order chi connectivity index (χ0) is 23.8. The number of aliphatic hydroxyl groups is 1. The Balaban J connectivity index is 1.86. The highest BCUT2D eigenvalue weighted by Crippen LogP contribution is 2.36. The third kappa shape index (κ3) is 5.03. The maximum atomic E-state index is 13.7. The molecular weight excluding hydrogens is 426 g/mol. The van der Waals surface area contributed by atoms with E-state index in [0.717, 1.165) is 17.0 Å². The zero-order valence-electron chi connectivity index (χ0n) is 18.8. The Morgan fingerprint density at radius 2 is 1.67 bits per heavy atom. The van der Waals surface area contributed by atoms with Gasteiger partial charge >= 0.3 is 5.97 Å². The van der Waals surface area contributed by atoms with E-state index in [1.54, 1.807) is 43.5 Å². The lowest BCUT2D eigenvalue weighted by Gasteiger charge is -2.31. The number of halogens is 2. The van der Waals surface area contributed by atoms with Gasteiger partial charge in [-0.25, -0.2) is 13.8 Å². The molecule has 0 aliphatic carbocycles. The maximum absolute atomic E-state index is 13.7. The Bertz CT molecular complexity index is 1180. The van der Waals surface area contributed by atoms with Gasteiger partial charge in [0.25, 0.3) is 0 Å². The molecule has 0 saturated carbocycles. The first kappa shape index (κ1) is 22.9. The number of ether oxygens (including phenoxy) is 1. The first-order valence-corrected chi connectivity index (χ1v) is 10.9. The van der Waals surface area contributed by atoms with Crippen LogP contribution in [0.2, 0.25) is 0 Å². The van der Waals surface area contributed by atoms with Gasteiger partial charge in [0.2, 0.25) is 0 Å². The van der Waals surface area contributed by atoms with Gasteiger partial charge in [0, 0.05) is 29.7 Å². The van der Waals surface area contributed by atoms with Crippen LogP contribution >= 0.6 is 0 Å². The van der Waals surface area contributed by atoms with E-state index in [1.165, 1.54) is 24.3 Å². The van der Waals surface area contributed by atoms with Crippen molar-refractivity contribution in [2.24, 2.45) is 0 Å². The normalized spacial score (nSPS) is 21.1. The van der Waals surface area contributed by atoms with E-state index in [1.807, 2.05) is 18.4 Å². The summed E-state index contributed by atoms with van der Waals surface area (Å²) in [5.74, 6) is -0.402. The summed E-state index contributed by atoms with van der Waals surface area (Å²) in [5, 5.41) is 10.4. The quantitative estimate of drug-likeness (QED) is 0.516. The number of rotatable bonds is 5. The minimum atomic E-state index is -1.14. The number of benzene rings is 2. The first-order chi connectivity index (χ1) is 15.6. The Morgan fingerprint density at radius 1 is 1.09 bits per heavy atom. The second kappa shape index (κ2) is 8.90. The largest absolute Gasteiger partial charge is 0.458 e. The molecule has 4 rings (SSSR count). The highest BCUT2D eigenvalue weighted by atomic mass is 19.1. The fourth-order valence-electron chi connectivity index (χ4n) is 4.06. The topological polar surface area (TPSA) is 64.3 Å². The van der Waals surface area contributed by atoms with Crippen LogP contribution in [0.5, 0.6) is 0 Å². The molecule has 1 saturated heterocycles. The van der Waals surface area contributed by atoms with Gasteiger partial charge in [0.1, 0.15) is 23.6 Å². The third-order valence-electron chi connectivity index (χ3n) is 5.59. The Labute approximate surface area is 191 Å². The third-order valence-corrected chi connectivity index (χ3v) is 5.59. The summed E-state index contributed by atoms with van der Waals surface area (Å²) in [7, 11) is 0. The van der Waals surface area contributed by atoms with Crippen LogP contribution < -0.4 is 0 Å². The second-order valence-corrected chi connectivity index (χ2v) is 8.95. The van der Waals surface area contributed by atoms with Crippen molar-refractivity contribution < 1.29 is 23.4 Å².